The maximum Gasteiger partial charge on any atom is 0.309 e. The Labute approximate surface area is 170 Å². The number of ether oxygens (including phenoxy) is 1. The molecule has 2 aliphatic rings. The first-order chi connectivity index (χ1) is 13.4. The molecule has 152 valence electrons. The van der Waals surface area contributed by atoms with Gasteiger partial charge in [-0.1, -0.05) is 24.4 Å². The van der Waals surface area contributed by atoms with Gasteiger partial charge in [-0.25, -0.2) is 0 Å². The predicted octanol–water partition coefficient (Wildman–Crippen LogP) is 3.18. The number of carbonyl (C=O) groups excluding carboxylic acids is 3. The lowest BCUT2D eigenvalue weighted by Gasteiger charge is -2.31. The molecule has 1 N–H and O–H groups in total. The Morgan fingerprint density at radius 3 is 2.29 bits per heavy atom. The molecule has 1 atom stereocenters. The number of rotatable bonds is 5. The highest BCUT2D eigenvalue weighted by Gasteiger charge is 2.31. The van der Waals surface area contributed by atoms with Crippen molar-refractivity contribution < 1.29 is 19.1 Å². The summed E-state index contributed by atoms with van der Waals surface area (Å²) in [5.41, 5.74) is 0.586. The second-order valence-electron chi connectivity index (χ2n) is 7.64. The van der Waals surface area contributed by atoms with E-state index in [-0.39, 0.29) is 29.7 Å². The van der Waals surface area contributed by atoms with Crippen molar-refractivity contribution in [2.24, 2.45) is 5.92 Å². The average Bonchev–Trinajstić information content (AvgIpc) is 3.21. The van der Waals surface area contributed by atoms with E-state index < -0.39 is 6.10 Å². The Morgan fingerprint density at radius 1 is 1.07 bits per heavy atom. The van der Waals surface area contributed by atoms with E-state index in [1.54, 1.807) is 36.1 Å². The van der Waals surface area contributed by atoms with Gasteiger partial charge < -0.3 is 15.0 Å². The first kappa shape index (κ1) is 20.6. The molecule has 0 aromatic heterocycles. The number of piperidine rings is 1. The van der Waals surface area contributed by atoms with Crippen LogP contribution >= 0.6 is 11.6 Å². The molecule has 0 unspecified atom stereocenters. The molecule has 0 radical (unpaired) electrons. The fourth-order valence-corrected chi connectivity index (χ4v) is 3.93. The molecule has 1 heterocycles. The number of likely N-dealkylation sites (tertiary alicyclic amines) is 1. The van der Waals surface area contributed by atoms with Gasteiger partial charge in [0.15, 0.2) is 6.10 Å². The topological polar surface area (TPSA) is 75.7 Å². The maximum atomic E-state index is 12.5. The van der Waals surface area contributed by atoms with Crippen molar-refractivity contribution in [1.29, 1.82) is 0 Å². The summed E-state index contributed by atoms with van der Waals surface area (Å²) in [5, 5.41) is 3.54. The lowest BCUT2D eigenvalue weighted by molar-refractivity contribution is -0.160. The number of esters is 1. The predicted molar refractivity (Wildman–Crippen MR) is 106 cm³/mol. The molecular formula is C21H27ClN2O4. The molecule has 1 aliphatic heterocycles. The lowest BCUT2D eigenvalue weighted by atomic mass is 9.96. The Bertz CT molecular complexity index is 708. The summed E-state index contributed by atoms with van der Waals surface area (Å²) in [6.07, 6.45) is 4.53. The minimum absolute atomic E-state index is 0.0622. The lowest BCUT2D eigenvalue weighted by Crippen LogP contribution is -2.44. The van der Waals surface area contributed by atoms with Gasteiger partial charge >= 0.3 is 5.97 Å². The van der Waals surface area contributed by atoms with Crippen molar-refractivity contribution >= 4 is 29.4 Å². The molecule has 7 heteroatoms. The van der Waals surface area contributed by atoms with E-state index in [0.29, 0.717) is 36.5 Å². The highest BCUT2D eigenvalue weighted by molar-refractivity contribution is 6.30. The van der Waals surface area contributed by atoms with Gasteiger partial charge in [0.2, 0.25) is 0 Å². The number of nitrogens with one attached hydrogen (secondary N) is 1. The quantitative estimate of drug-likeness (QED) is 0.762. The number of hydrogen-bond acceptors (Lipinski definition) is 4. The van der Waals surface area contributed by atoms with Gasteiger partial charge in [0.25, 0.3) is 11.8 Å². The number of nitrogens with zero attached hydrogens (tertiary/aromatic N) is 1. The summed E-state index contributed by atoms with van der Waals surface area (Å²) in [6, 6.07) is 7.00. The molecule has 0 spiro atoms. The number of carbonyl (C=O) groups is 3. The van der Waals surface area contributed by atoms with Crippen LogP contribution in [0.3, 0.4) is 0 Å². The number of amides is 2. The van der Waals surface area contributed by atoms with Gasteiger partial charge in [-0.05, 0) is 56.9 Å². The molecular weight excluding hydrogens is 380 g/mol. The smallest absolute Gasteiger partial charge is 0.309 e. The number of halogens is 1. The number of hydrogen-bond donors (Lipinski definition) is 1. The molecule has 1 aromatic carbocycles. The van der Waals surface area contributed by atoms with Crippen LogP contribution in [0.1, 0.15) is 55.8 Å². The van der Waals surface area contributed by atoms with Crippen LogP contribution in [0.25, 0.3) is 0 Å². The first-order valence-electron chi connectivity index (χ1n) is 9.99. The van der Waals surface area contributed by atoms with Crippen LogP contribution in [0.4, 0.5) is 0 Å². The number of benzene rings is 1. The van der Waals surface area contributed by atoms with Crippen LogP contribution in [0.2, 0.25) is 5.02 Å². The fourth-order valence-electron chi connectivity index (χ4n) is 3.81. The molecule has 1 saturated heterocycles. The third-order valence-electron chi connectivity index (χ3n) is 5.57. The largest absolute Gasteiger partial charge is 0.452 e. The summed E-state index contributed by atoms with van der Waals surface area (Å²) in [7, 11) is 0. The molecule has 1 aromatic rings. The van der Waals surface area contributed by atoms with Crippen LogP contribution in [0.5, 0.6) is 0 Å². The third-order valence-corrected chi connectivity index (χ3v) is 5.82. The zero-order valence-corrected chi connectivity index (χ0v) is 16.9. The summed E-state index contributed by atoms with van der Waals surface area (Å²) < 4.78 is 5.39. The van der Waals surface area contributed by atoms with Gasteiger partial charge in [0.1, 0.15) is 0 Å². The van der Waals surface area contributed by atoms with E-state index >= 15 is 0 Å². The van der Waals surface area contributed by atoms with E-state index in [1.165, 1.54) is 0 Å². The van der Waals surface area contributed by atoms with Crippen molar-refractivity contribution in [2.45, 2.75) is 57.6 Å². The molecule has 6 nitrogen and oxygen atoms in total. The van der Waals surface area contributed by atoms with Crippen molar-refractivity contribution in [3.63, 3.8) is 0 Å². The van der Waals surface area contributed by atoms with Gasteiger partial charge in [-0.2, -0.15) is 0 Å². The van der Waals surface area contributed by atoms with Gasteiger partial charge in [-0.3, -0.25) is 14.4 Å². The molecule has 1 saturated carbocycles. The van der Waals surface area contributed by atoms with Gasteiger partial charge in [0.05, 0.1) is 5.92 Å². The Hall–Kier alpha value is -2.08. The molecule has 28 heavy (non-hydrogen) atoms. The highest BCUT2D eigenvalue weighted by atomic mass is 35.5. The average molecular weight is 407 g/mol. The normalized spacial score (nSPS) is 19.3. The van der Waals surface area contributed by atoms with E-state index in [1.807, 2.05) is 0 Å². The summed E-state index contributed by atoms with van der Waals surface area (Å²) in [6.45, 7) is 2.59. The minimum Gasteiger partial charge on any atom is -0.452 e. The van der Waals surface area contributed by atoms with Gasteiger partial charge in [-0.15, -0.1) is 0 Å². The second-order valence-corrected chi connectivity index (χ2v) is 8.08. The van der Waals surface area contributed by atoms with E-state index in [9.17, 15) is 14.4 Å². The Morgan fingerprint density at radius 2 is 1.68 bits per heavy atom. The summed E-state index contributed by atoms with van der Waals surface area (Å²) in [4.78, 5) is 38.9. The SMILES string of the molecule is C[C@@H](OC(=O)C1CCN(C(=O)c2ccc(Cl)cc2)CC1)C(=O)NC1CCCC1. The van der Waals surface area contributed by atoms with Crippen molar-refractivity contribution in [3.05, 3.63) is 34.9 Å². The van der Waals surface area contributed by atoms with E-state index in [4.69, 9.17) is 16.3 Å². The third kappa shape index (κ3) is 5.25. The van der Waals surface area contributed by atoms with E-state index in [2.05, 4.69) is 5.32 Å². The second kappa shape index (κ2) is 9.41. The molecule has 2 amide bonds. The van der Waals surface area contributed by atoms with Crippen LogP contribution in [-0.4, -0.2) is 47.9 Å². The van der Waals surface area contributed by atoms with Crippen LogP contribution in [0.15, 0.2) is 24.3 Å². The van der Waals surface area contributed by atoms with Crippen LogP contribution in [-0.2, 0) is 14.3 Å². The van der Waals surface area contributed by atoms with Gasteiger partial charge in [0, 0.05) is 29.7 Å². The molecule has 3 rings (SSSR count). The Balaban J connectivity index is 1.44. The molecule has 1 aliphatic carbocycles. The molecule has 0 bridgehead atoms. The van der Waals surface area contributed by atoms with Crippen LogP contribution < -0.4 is 5.32 Å². The standard InChI is InChI=1S/C21H27ClN2O4/c1-14(19(25)23-18-4-2-3-5-18)28-21(27)16-10-12-24(13-11-16)20(26)15-6-8-17(22)9-7-15/h6-9,14,16,18H,2-5,10-13H2,1H3,(H,23,25)/t14-/m1/s1. The van der Waals surface area contributed by atoms with E-state index in [0.717, 1.165) is 25.7 Å². The maximum absolute atomic E-state index is 12.5. The zero-order valence-electron chi connectivity index (χ0n) is 16.2. The highest BCUT2D eigenvalue weighted by Crippen LogP contribution is 2.22. The van der Waals surface area contributed by atoms with Crippen molar-refractivity contribution in [3.8, 4) is 0 Å². The Kier molecular flexibility index (Phi) is 6.94. The molecule has 2 fully saturated rings. The summed E-state index contributed by atoms with van der Waals surface area (Å²) in [5.74, 6) is -0.924. The minimum atomic E-state index is -0.790. The van der Waals surface area contributed by atoms with Crippen LogP contribution in [0, 0.1) is 5.92 Å². The zero-order chi connectivity index (χ0) is 20.1. The summed E-state index contributed by atoms with van der Waals surface area (Å²) >= 11 is 5.86. The van der Waals surface area contributed by atoms with Crippen molar-refractivity contribution in [1.82, 2.24) is 10.2 Å². The monoisotopic (exact) mass is 406 g/mol. The fraction of sp³-hybridized carbons (Fsp3) is 0.571. The van der Waals surface area contributed by atoms with Crippen molar-refractivity contribution in [2.75, 3.05) is 13.1 Å². The first-order valence-corrected chi connectivity index (χ1v) is 10.4.